The van der Waals surface area contributed by atoms with Gasteiger partial charge in [0.2, 0.25) is 11.2 Å². The number of phenols is 2. The third-order valence-corrected chi connectivity index (χ3v) is 9.90. The van der Waals surface area contributed by atoms with E-state index in [1.165, 1.54) is 13.3 Å². The number of hydrazone groups is 1. The molecule has 3 aromatic carbocycles. The van der Waals surface area contributed by atoms with E-state index in [1.54, 1.807) is 24.3 Å². The lowest BCUT2D eigenvalue weighted by molar-refractivity contribution is -0.226. The van der Waals surface area contributed by atoms with Crippen molar-refractivity contribution in [2.75, 3.05) is 51.5 Å². The minimum atomic E-state index is -1.60. The number of phenolic OH excluding ortho intramolecular Hbond substituents is 2. The van der Waals surface area contributed by atoms with E-state index in [2.05, 4.69) is 10.1 Å². The van der Waals surface area contributed by atoms with Crippen molar-refractivity contribution in [3.8, 4) is 34.3 Å². The number of benzene rings is 3. The lowest BCUT2D eigenvalue weighted by atomic mass is 9.99. The molecule has 338 valence electrons. The topological polar surface area (TPSA) is 286 Å². The quantitative estimate of drug-likeness (QED) is 0.0167. The number of anilines is 1. The highest BCUT2D eigenvalue weighted by atomic mass is 16.6. The summed E-state index contributed by atoms with van der Waals surface area (Å²) in [5, 5.41) is 64.4. The van der Waals surface area contributed by atoms with Gasteiger partial charge in [0, 0.05) is 29.4 Å². The van der Waals surface area contributed by atoms with E-state index in [9.17, 15) is 45.0 Å². The highest BCUT2D eigenvalue weighted by Gasteiger charge is 2.43. The number of rotatable bonds is 20. The molecule has 19 heteroatoms. The number of carbonyl (C=O) groups excluding carboxylic acids is 2. The Morgan fingerprint density at radius 3 is 2.29 bits per heavy atom. The molecule has 0 spiro atoms. The molecule has 0 unspecified atom stereocenters. The van der Waals surface area contributed by atoms with E-state index < -0.39 is 72.5 Å². The smallest absolute Gasteiger partial charge is 0.312 e. The highest BCUT2D eigenvalue weighted by Crippen LogP contribution is 2.39. The monoisotopic (exact) mass is 876 g/mol. The van der Waals surface area contributed by atoms with Crippen molar-refractivity contribution in [1.82, 2.24) is 0 Å². The van der Waals surface area contributed by atoms with Crippen molar-refractivity contribution in [2.24, 2.45) is 15.9 Å². The molecule has 0 saturated carbocycles. The average molecular weight is 877 g/mol. The lowest BCUT2D eigenvalue weighted by Gasteiger charge is -2.38. The first-order valence-electron chi connectivity index (χ1n) is 19.9. The van der Waals surface area contributed by atoms with Crippen LogP contribution in [0.3, 0.4) is 0 Å². The summed E-state index contributed by atoms with van der Waals surface area (Å²) in [6.45, 7) is 3.66. The summed E-state index contributed by atoms with van der Waals surface area (Å²) >= 11 is 0. The second-order valence-electron chi connectivity index (χ2n) is 14.6. The van der Waals surface area contributed by atoms with Gasteiger partial charge < -0.3 is 69.5 Å². The first-order valence-corrected chi connectivity index (χ1v) is 19.9. The predicted molar refractivity (Wildman–Crippen MR) is 230 cm³/mol. The van der Waals surface area contributed by atoms with E-state index in [-0.39, 0.29) is 73.0 Å². The number of hydrogen-bond donors (Lipinski definition) is 7. The number of allylic oxidation sites excluding steroid dienone is 2. The van der Waals surface area contributed by atoms with Crippen LogP contribution >= 0.6 is 0 Å². The number of ether oxygens (including phenoxy) is 5. The highest BCUT2D eigenvalue weighted by molar-refractivity contribution is 6.31. The first kappa shape index (κ1) is 47.7. The number of aliphatic imine (C=N–C) groups is 1. The van der Waals surface area contributed by atoms with Crippen molar-refractivity contribution in [3.05, 3.63) is 88.1 Å². The molecule has 8 N–H and O–H groups in total. The molecule has 19 nitrogen and oxygen atoms in total. The maximum Gasteiger partial charge on any atom is 0.312 e. The molecule has 0 bridgehead atoms. The van der Waals surface area contributed by atoms with Crippen LogP contribution in [0.25, 0.3) is 22.3 Å². The SMILES string of the molecule is COc1ccc(-c2oc3c(CC=C(C)C)c(O)cc(O)c3c(=O)c2OC(=O)CCC(=O)OCCN(CCOCC(C=N[C@H]2O[C@@H](CO)[C@H](O)[C@@H](O)[C@@H]2O)=NN)c2ccccc2)cc1. The molecule has 5 atom stereocenters. The van der Waals surface area contributed by atoms with Gasteiger partial charge in [0.25, 0.3) is 0 Å². The number of fused-ring (bicyclic) bond motifs is 1. The Labute approximate surface area is 361 Å². The summed E-state index contributed by atoms with van der Waals surface area (Å²) in [5.74, 6) is 2.80. The van der Waals surface area contributed by atoms with Gasteiger partial charge in [0.1, 0.15) is 65.0 Å². The summed E-state index contributed by atoms with van der Waals surface area (Å²) < 4.78 is 33.5. The molecule has 1 saturated heterocycles. The molecule has 1 aliphatic heterocycles. The molecular weight excluding hydrogens is 824 g/mol. The third-order valence-electron chi connectivity index (χ3n) is 9.90. The van der Waals surface area contributed by atoms with Gasteiger partial charge in [0.05, 0.1) is 52.5 Å². The number of nitrogens with zero attached hydrogens (tertiary/aromatic N) is 3. The zero-order chi connectivity index (χ0) is 45.6. The number of esters is 2. The summed E-state index contributed by atoms with van der Waals surface area (Å²) in [6, 6.07) is 16.6. The summed E-state index contributed by atoms with van der Waals surface area (Å²) in [7, 11) is 1.48. The summed E-state index contributed by atoms with van der Waals surface area (Å²) in [5.41, 5.74) is 1.50. The number of carbonyl (C=O) groups is 2. The minimum Gasteiger partial charge on any atom is -0.507 e. The van der Waals surface area contributed by atoms with Crippen molar-refractivity contribution >= 4 is 40.5 Å². The van der Waals surface area contributed by atoms with E-state index in [1.807, 2.05) is 55.2 Å². The fourth-order valence-corrected chi connectivity index (χ4v) is 6.44. The second-order valence-corrected chi connectivity index (χ2v) is 14.6. The average Bonchev–Trinajstić information content (AvgIpc) is 3.27. The maximum atomic E-state index is 14.0. The zero-order valence-electron chi connectivity index (χ0n) is 35.0. The largest absolute Gasteiger partial charge is 0.507 e. The van der Waals surface area contributed by atoms with Gasteiger partial charge in [-0.1, -0.05) is 29.8 Å². The van der Waals surface area contributed by atoms with Gasteiger partial charge in [0.15, 0.2) is 12.0 Å². The maximum absolute atomic E-state index is 14.0. The molecular formula is C44H52N4O15. The zero-order valence-corrected chi connectivity index (χ0v) is 35.0. The van der Waals surface area contributed by atoms with Crippen molar-refractivity contribution < 1.29 is 68.3 Å². The third kappa shape index (κ3) is 12.4. The molecule has 1 aromatic heterocycles. The van der Waals surface area contributed by atoms with Crippen molar-refractivity contribution in [1.29, 1.82) is 0 Å². The Balaban J connectivity index is 1.19. The Morgan fingerprint density at radius 2 is 1.62 bits per heavy atom. The van der Waals surface area contributed by atoms with Crippen LogP contribution in [0, 0.1) is 0 Å². The van der Waals surface area contributed by atoms with E-state index >= 15 is 0 Å². The van der Waals surface area contributed by atoms with Gasteiger partial charge in [-0.15, -0.1) is 0 Å². The van der Waals surface area contributed by atoms with Crippen molar-refractivity contribution in [2.45, 2.75) is 63.8 Å². The Morgan fingerprint density at radius 1 is 0.921 bits per heavy atom. The molecule has 4 aromatic rings. The van der Waals surface area contributed by atoms with E-state index in [0.717, 1.165) is 17.3 Å². The van der Waals surface area contributed by atoms with Crippen LogP contribution in [-0.2, 0) is 30.2 Å². The lowest BCUT2D eigenvalue weighted by Crippen LogP contribution is -2.58. The predicted octanol–water partition coefficient (Wildman–Crippen LogP) is 2.33. The molecule has 2 heterocycles. The van der Waals surface area contributed by atoms with Crippen LogP contribution < -0.4 is 25.6 Å². The van der Waals surface area contributed by atoms with Crippen molar-refractivity contribution in [3.63, 3.8) is 0 Å². The van der Waals surface area contributed by atoms with E-state index in [0.29, 0.717) is 17.9 Å². The van der Waals surface area contributed by atoms with Crippen LogP contribution in [0.4, 0.5) is 5.69 Å². The van der Waals surface area contributed by atoms with Crippen LogP contribution in [0.5, 0.6) is 23.0 Å². The van der Waals surface area contributed by atoms with Crippen LogP contribution in [0.15, 0.2) is 91.6 Å². The normalized spacial score (nSPS) is 18.9. The number of hydrogen-bond acceptors (Lipinski definition) is 19. The molecule has 5 rings (SSSR count). The molecule has 0 amide bonds. The summed E-state index contributed by atoms with van der Waals surface area (Å²) in [4.78, 5) is 45.9. The van der Waals surface area contributed by atoms with Crippen LogP contribution in [0.2, 0.25) is 0 Å². The van der Waals surface area contributed by atoms with E-state index in [4.69, 9.17) is 33.9 Å². The number of aromatic hydroxyl groups is 2. The summed E-state index contributed by atoms with van der Waals surface area (Å²) in [6.07, 6.45) is -4.81. The molecule has 0 aliphatic carbocycles. The Bertz CT molecular complexity index is 2330. The van der Waals surface area contributed by atoms with Gasteiger partial charge in [-0.25, -0.2) is 0 Å². The standard InChI is InChI=1S/C44H52N4O15/c1-25(2)9-14-30-31(50)21-32(51)36-38(55)43(41(63-42(30)36)26-10-12-29(58-3)13-11-26)62-35(53)16-15-34(52)60-20-18-48(28-7-5-4-6-8-28)17-19-59-24-27(47-45)22-46-44-40(57)39(56)37(54)33(23-49)61-44/h4-13,21-22,33,37,39-40,44,49-51,54,56-57H,14-20,23-24,45H2,1-3H3/t33-,37-,39+,40-,44-/m0/s1. The first-order chi connectivity index (χ1) is 30.3. The second kappa shape index (κ2) is 22.7. The minimum absolute atomic E-state index is 0.0683. The number of aliphatic hydroxyl groups is 4. The Hall–Kier alpha value is -6.35. The molecule has 63 heavy (non-hydrogen) atoms. The number of aliphatic hydroxyl groups excluding tert-OH is 4. The molecule has 1 fully saturated rings. The van der Waals surface area contributed by atoms with Crippen LogP contribution in [0.1, 0.15) is 32.3 Å². The van der Waals surface area contributed by atoms with Gasteiger partial charge >= 0.3 is 11.9 Å². The molecule has 0 radical (unpaired) electrons. The van der Waals surface area contributed by atoms with Crippen LogP contribution in [-0.4, -0.2) is 132 Å². The van der Waals surface area contributed by atoms with Gasteiger partial charge in [-0.3, -0.25) is 19.4 Å². The fraction of sp³-hybridized carbons (Fsp3) is 0.386. The van der Waals surface area contributed by atoms with Gasteiger partial charge in [-0.05, 0) is 56.7 Å². The number of nitrogens with two attached hydrogens (primary N) is 1. The Kier molecular flexibility index (Phi) is 17.2. The van der Waals surface area contributed by atoms with Gasteiger partial charge in [-0.2, -0.15) is 5.10 Å². The number of para-hydroxylation sites is 1. The molecule has 1 aliphatic rings. The fourth-order valence-electron chi connectivity index (χ4n) is 6.44. The number of methoxy groups -OCH3 is 1.